The molecule has 1 aliphatic carbocycles. The molecule has 0 aromatic heterocycles. The molecule has 0 radical (unpaired) electrons. The lowest BCUT2D eigenvalue weighted by molar-refractivity contribution is 0.0837. The zero-order valence-electron chi connectivity index (χ0n) is 8.27. The van der Waals surface area contributed by atoms with Crippen molar-refractivity contribution in [2.24, 2.45) is 0 Å². The molecule has 0 spiro atoms. The number of nitrogens with one attached hydrogen (secondary N) is 1. The van der Waals surface area contributed by atoms with Crippen LogP contribution in [0.25, 0.3) is 4.85 Å². The van der Waals surface area contributed by atoms with Gasteiger partial charge in [0.05, 0.1) is 18.4 Å². The second-order valence-electron chi connectivity index (χ2n) is 3.85. The van der Waals surface area contributed by atoms with Crippen molar-refractivity contribution in [3.63, 3.8) is 0 Å². The molecular formula is C11H13N3O. The Morgan fingerprint density at radius 2 is 2.20 bits per heavy atom. The van der Waals surface area contributed by atoms with E-state index in [1.165, 1.54) is 0 Å². The van der Waals surface area contributed by atoms with E-state index in [0.717, 1.165) is 18.5 Å². The van der Waals surface area contributed by atoms with E-state index in [-0.39, 0.29) is 12.1 Å². The van der Waals surface area contributed by atoms with Crippen molar-refractivity contribution in [1.82, 2.24) is 0 Å². The van der Waals surface area contributed by atoms with E-state index in [0.29, 0.717) is 11.4 Å². The van der Waals surface area contributed by atoms with E-state index in [2.05, 4.69) is 10.2 Å². The van der Waals surface area contributed by atoms with Gasteiger partial charge >= 0.3 is 0 Å². The Morgan fingerprint density at radius 3 is 2.80 bits per heavy atom. The highest BCUT2D eigenvalue weighted by molar-refractivity contribution is 5.72. The van der Waals surface area contributed by atoms with Crippen LogP contribution in [-0.4, -0.2) is 17.3 Å². The number of nitrogens with two attached hydrogens (primary N) is 1. The highest BCUT2D eigenvalue weighted by atomic mass is 16.3. The second-order valence-corrected chi connectivity index (χ2v) is 3.85. The molecule has 0 saturated heterocycles. The SMILES string of the molecule is [C-]#[N+]c1ccc(N)c(NC2CC(O)C2)c1. The summed E-state index contributed by atoms with van der Waals surface area (Å²) in [6, 6.07) is 5.45. The van der Waals surface area contributed by atoms with Crippen molar-refractivity contribution < 1.29 is 5.11 Å². The van der Waals surface area contributed by atoms with Crippen molar-refractivity contribution >= 4 is 17.1 Å². The van der Waals surface area contributed by atoms with Gasteiger partial charge in [-0.3, -0.25) is 0 Å². The van der Waals surface area contributed by atoms with Crippen molar-refractivity contribution in [3.05, 3.63) is 29.6 Å². The molecule has 1 aromatic carbocycles. The van der Waals surface area contributed by atoms with Crippen LogP contribution in [-0.2, 0) is 0 Å². The van der Waals surface area contributed by atoms with Crippen LogP contribution in [0, 0.1) is 6.57 Å². The maximum Gasteiger partial charge on any atom is 0.189 e. The molecule has 0 atom stereocenters. The number of hydrogen-bond donors (Lipinski definition) is 3. The summed E-state index contributed by atoms with van der Waals surface area (Å²) >= 11 is 0. The van der Waals surface area contributed by atoms with Crippen LogP contribution in [0.15, 0.2) is 18.2 Å². The highest BCUT2D eigenvalue weighted by Crippen LogP contribution is 2.29. The number of nitrogen functional groups attached to an aromatic ring is 1. The van der Waals surface area contributed by atoms with Gasteiger partial charge in [-0.15, -0.1) is 0 Å². The molecular weight excluding hydrogens is 190 g/mol. The molecule has 4 N–H and O–H groups in total. The topological polar surface area (TPSA) is 62.6 Å². The van der Waals surface area contributed by atoms with Crippen LogP contribution in [0.1, 0.15) is 12.8 Å². The highest BCUT2D eigenvalue weighted by Gasteiger charge is 2.27. The molecule has 0 amide bonds. The van der Waals surface area contributed by atoms with Crippen molar-refractivity contribution in [3.8, 4) is 0 Å². The molecule has 4 heteroatoms. The number of aliphatic hydroxyl groups excluding tert-OH is 1. The Kier molecular flexibility index (Phi) is 2.48. The van der Waals surface area contributed by atoms with Gasteiger partial charge in [0.1, 0.15) is 0 Å². The van der Waals surface area contributed by atoms with Gasteiger partial charge in [0.25, 0.3) is 0 Å². The average molecular weight is 203 g/mol. The van der Waals surface area contributed by atoms with Gasteiger partial charge < -0.3 is 16.2 Å². The van der Waals surface area contributed by atoms with E-state index >= 15 is 0 Å². The summed E-state index contributed by atoms with van der Waals surface area (Å²) in [5.74, 6) is 0. The molecule has 2 rings (SSSR count). The summed E-state index contributed by atoms with van der Waals surface area (Å²) in [6.45, 7) is 6.90. The minimum atomic E-state index is -0.187. The predicted molar refractivity (Wildman–Crippen MR) is 59.8 cm³/mol. The van der Waals surface area contributed by atoms with Crippen LogP contribution >= 0.6 is 0 Å². The number of benzene rings is 1. The fourth-order valence-electron chi connectivity index (χ4n) is 1.66. The molecule has 1 fully saturated rings. The first-order valence-electron chi connectivity index (χ1n) is 4.90. The standard InChI is InChI=1S/C11H13N3O/c1-13-7-2-3-10(12)11(6-7)14-8-4-9(15)5-8/h2-3,6,8-9,14-15H,4-5,12H2. The van der Waals surface area contributed by atoms with E-state index < -0.39 is 0 Å². The molecule has 0 unspecified atom stereocenters. The summed E-state index contributed by atoms with van der Waals surface area (Å²) in [5, 5.41) is 12.4. The van der Waals surface area contributed by atoms with E-state index in [9.17, 15) is 0 Å². The van der Waals surface area contributed by atoms with E-state index in [4.69, 9.17) is 17.4 Å². The fraction of sp³-hybridized carbons (Fsp3) is 0.364. The molecule has 0 bridgehead atoms. The summed E-state index contributed by atoms with van der Waals surface area (Å²) in [6.07, 6.45) is 1.32. The number of rotatable bonds is 2. The molecule has 15 heavy (non-hydrogen) atoms. The van der Waals surface area contributed by atoms with Gasteiger partial charge in [0.2, 0.25) is 0 Å². The monoisotopic (exact) mass is 203 g/mol. The number of hydrogen-bond acceptors (Lipinski definition) is 3. The zero-order valence-corrected chi connectivity index (χ0v) is 8.27. The summed E-state index contributed by atoms with van der Waals surface area (Å²) in [5.41, 5.74) is 7.79. The third kappa shape index (κ3) is 2.03. The lowest BCUT2D eigenvalue weighted by Crippen LogP contribution is -2.39. The largest absolute Gasteiger partial charge is 0.397 e. The van der Waals surface area contributed by atoms with Gasteiger partial charge in [-0.2, -0.15) is 0 Å². The summed E-state index contributed by atoms with van der Waals surface area (Å²) in [4.78, 5) is 3.34. The molecule has 0 aliphatic heterocycles. The Balaban J connectivity index is 2.10. The smallest absolute Gasteiger partial charge is 0.189 e. The Bertz CT molecular complexity index is 405. The molecule has 1 aromatic rings. The quantitative estimate of drug-likeness (QED) is 0.507. The lowest BCUT2D eigenvalue weighted by atomic mass is 9.89. The van der Waals surface area contributed by atoms with Gasteiger partial charge in [-0.05, 0) is 25.0 Å². The van der Waals surface area contributed by atoms with Gasteiger partial charge in [0.15, 0.2) is 5.69 Å². The van der Waals surface area contributed by atoms with Gasteiger partial charge in [-0.25, -0.2) is 4.85 Å². The third-order valence-corrected chi connectivity index (χ3v) is 2.64. The van der Waals surface area contributed by atoms with Gasteiger partial charge in [-0.1, -0.05) is 6.07 Å². The zero-order chi connectivity index (χ0) is 10.8. The predicted octanol–water partition coefficient (Wildman–Crippen LogP) is 1.75. The molecule has 0 heterocycles. The lowest BCUT2D eigenvalue weighted by Gasteiger charge is -2.33. The summed E-state index contributed by atoms with van der Waals surface area (Å²) in [7, 11) is 0. The summed E-state index contributed by atoms with van der Waals surface area (Å²) < 4.78 is 0. The number of anilines is 2. The second kappa shape index (κ2) is 3.79. The number of nitrogens with zero attached hydrogens (tertiary/aromatic N) is 1. The van der Waals surface area contributed by atoms with Gasteiger partial charge in [0, 0.05) is 11.7 Å². The van der Waals surface area contributed by atoms with Crippen LogP contribution in [0.5, 0.6) is 0 Å². The van der Waals surface area contributed by atoms with Crippen molar-refractivity contribution in [2.75, 3.05) is 11.1 Å². The van der Waals surface area contributed by atoms with Crippen molar-refractivity contribution in [2.45, 2.75) is 25.0 Å². The Morgan fingerprint density at radius 1 is 1.47 bits per heavy atom. The first-order chi connectivity index (χ1) is 7.19. The molecule has 4 nitrogen and oxygen atoms in total. The average Bonchev–Trinajstić information content (AvgIpc) is 2.19. The first kappa shape index (κ1) is 9.81. The fourth-order valence-corrected chi connectivity index (χ4v) is 1.66. The molecule has 1 saturated carbocycles. The normalized spacial score (nSPS) is 24.0. The maximum absolute atomic E-state index is 9.15. The Hall–Kier alpha value is -1.73. The van der Waals surface area contributed by atoms with E-state index in [1.807, 2.05) is 0 Å². The first-order valence-corrected chi connectivity index (χ1v) is 4.90. The van der Waals surface area contributed by atoms with Crippen LogP contribution in [0.3, 0.4) is 0 Å². The van der Waals surface area contributed by atoms with Crippen LogP contribution in [0.2, 0.25) is 0 Å². The number of aliphatic hydroxyl groups is 1. The van der Waals surface area contributed by atoms with E-state index in [1.54, 1.807) is 18.2 Å². The van der Waals surface area contributed by atoms with Crippen molar-refractivity contribution in [1.29, 1.82) is 0 Å². The maximum atomic E-state index is 9.15. The minimum Gasteiger partial charge on any atom is -0.397 e. The van der Waals surface area contributed by atoms with Crippen LogP contribution < -0.4 is 11.1 Å². The third-order valence-electron chi connectivity index (χ3n) is 2.64. The minimum absolute atomic E-state index is 0.187. The molecule has 1 aliphatic rings. The molecule has 78 valence electrons. The van der Waals surface area contributed by atoms with Crippen LogP contribution in [0.4, 0.5) is 17.1 Å². The Labute approximate surface area is 88.5 Å².